The van der Waals surface area contributed by atoms with Crippen molar-refractivity contribution in [2.75, 3.05) is 0 Å². The Kier molecular flexibility index (Phi) is 11.5. The fourth-order valence-corrected chi connectivity index (χ4v) is 6.25. The van der Waals surface area contributed by atoms with Gasteiger partial charge in [0.1, 0.15) is 0 Å². The van der Waals surface area contributed by atoms with Gasteiger partial charge in [0.25, 0.3) is 0 Å². The molecule has 0 atom stereocenters. The first-order chi connectivity index (χ1) is 18.3. The summed E-state index contributed by atoms with van der Waals surface area (Å²) in [6.45, 7) is 24.4. The molecular weight excluding hydrogens is 529 g/mol. The van der Waals surface area contributed by atoms with Gasteiger partial charge in [0, 0.05) is 6.08 Å². The minimum Gasteiger partial charge on any atom is -0.478 e. The molecule has 0 spiro atoms. The second kappa shape index (κ2) is 13.6. The summed E-state index contributed by atoms with van der Waals surface area (Å²) in [6.07, 6.45) is 6.41. The van der Waals surface area contributed by atoms with Gasteiger partial charge in [0.05, 0.1) is 11.2 Å². The van der Waals surface area contributed by atoms with Gasteiger partial charge in [0.2, 0.25) is 0 Å². The van der Waals surface area contributed by atoms with Crippen LogP contribution in [0.25, 0.3) is 5.57 Å². The zero-order chi connectivity index (χ0) is 30.4. The Balaban J connectivity index is 2.37. The van der Waals surface area contributed by atoms with Crippen LogP contribution in [0.2, 0.25) is 10.1 Å². The van der Waals surface area contributed by atoms with Crippen molar-refractivity contribution in [1.82, 2.24) is 0 Å². The Labute approximate surface area is 248 Å². The second-order valence-corrected chi connectivity index (χ2v) is 19.7. The minimum absolute atomic E-state index is 0.210. The molecule has 0 saturated heterocycles. The van der Waals surface area contributed by atoms with E-state index in [1.807, 2.05) is 13.0 Å². The van der Waals surface area contributed by atoms with E-state index < -0.39 is 31.1 Å². The van der Waals surface area contributed by atoms with E-state index >= 15 is 0 Å². The summed E-state index contributed by atoms with van der Waals surface area (Å²) in [5.74, 6) is -0.941. The molecule has 0 fully saturated rings. The summed E-state index contributed by atoms with van der Waals surface area (Å²) in [4.78, 5) is 10.8. The van der Waals surface area contributed by atoms with Crippen LogP contribution in [0.15, 0.2) is 60.7 Å². The van der Waals surface area contributed by atoms with E-state index in [1.165, 1.54) is 22.3 Å². The number of rotatable bonds is 12. The van der Waals surface area contributed by atoms with E-state index in [4.69, 9.17) is 14.0 Å². The number of carbonyl (C=O) groups is 1. The van der Waals surface area contributed by atoms with Gasteiger partial charge in [-0.15, -0.1) is 0 Å². The normalized spacial score (nSPS) is 14.3. The van der Waals surface area contributed by atoms with E-state index in [-0.39, 0.29) is 15.7 Å². The lowest BCUT2D eigenvalue weighted by Gasteiger charge is -2.38. The number of carboxylic acid groups (broad SMARTS) is 1. The zero-order valence-corrected chi connectivity index (χ0v) is 29.6. The molecule has 0 radical (unpaired) electrons. The van der Waals surface area contributed by atoms with Crippen molar-refractivity contribution in [3.63, 3.8) is 0 Å². The molecule has 2 aromatic carbocycles. The molecule has 0 amide bonds. The summed E-state index contributed by atoms with van der Waals surface area (Å²) in [7, 11) is -1.49. The lowest BCUT2D eigenvalue weighted by molar-refractivity contribution is -0.131. The largest absolute Gasteiger partial charge is 0.478 e. The summed E-state index contributed by atoms with van der Waals surface area (Å²) in [5, 5.41) is 9.28. The average molecular weight is 581 g/mol. The van der Waals surface area contributed by atoms with Crippen LogP contribution < -0.4 is 0 Å². The molecule has 1 N–H and O–H groups in total. The molecule has 4 nitrogen and oxygen atoms in total. The van der Waals surface area contributed by atoms with Crippen molar-refractivity contribution in [3.8, 4) is 0 Å². The zero-order valence-electron chi connectivity index (χ0n) is 26.8. The first-order valence-electron chi connectivity index (χ1n) is 14.4. The summed E-state index contributed by atoms with van der Waals surface area (Å²) in [6, 6.07) is 15.4. The highest BCUT2D eigenvalue weighted by atomic mass is 28.2. The van der Waals surface area contributed by atoms with Crippen LogP contribution in [0.5, 0.6) is 0 Å². The second-order valence-electron chi connectivity index (χ2n) is 14.3. The Morgan fingerprint density at radius 1 is 0.775 bits per heavy atom. The molecule has 2 aromatic rings. The smallest absolute Gasteiger partial charge is 0.328 e. The van der Waals surface area contributed by atoms with Crippen molar-refractivity contribution >= 4 is 31.1 Å². The van der Waals surface area contributed by atoms with E-state index in [1.54, 1.807) is 6.08 Å². The van der Waals surface area contributed by atoms with Gasteiger partial charge in [-0.2, -0.15) is 0 Å². The monoisotopic (exact) mass is 580 g/mol. The maximum atomic E-state index is 10.8. The molecule has 0 aliphatic carbocycles. The van der Waals surface area contributed by atoms with Crippen LogP contribution in [-0.4, -0.2) is 30.6 Å². The molecule has 40 heavy (non-hydrogen) atoms. The molecule has 0 aliphatic heterocycles. The van der Waals surface area contributed by atoms with Crippen molar-refractivity contribution in [2.45, 2.75) is 110 Å². The average Bonchev–Trinajstić information content (AvgIpc) is 2.84. The van der Waals surface area contributed by atoms with Crippen LogP contribution in [0, 0.1) is 0 Å². The number of benzene rings is 2. The van der Waals surface area contributed by atoms with Gasteiger partial charge >= 0.3 is 5.97 Å². The maximum Gasteiger partial charge on any atom is 0.328 e. The Bertz CT molecular complexity index is 1210. The van der Waals surface area contributed by atoms with Crippen LogP contribution in [0.3, 0.4) is 0 Å². The number of aliphatic carboxylic acids is 1. The van der Waals surface area contributed by atoms with E-state index in [2.05, 4.69) is 112 Å². The van der Waals surface area contributed by atoms with Crippen molar-refractivity contribution in [1.29, 1.82) is 0 Å². The minimum atomic E-state index is -0.941. The standard InChI is InChI=1S/C34H52O4Si2/c1-24(14-12-17-30(35)36)27-16-13-15-25(22-27)18-19-26-20-21-28(33(8,9)37-39-31(2,3)4)29(23-26)34(10,11)38-40-32(5,6)7/h12-17,20-23H,18-19,39-40H2,1-11H3,(H,35,36). The topological polar surface area (TPSA) is 55.8 Å². The lowest BCUT2D eigenvalue weighted by atomic mass is 9.84. The third-order valence-electron chi connectivity index (χ3n) is 6.78. The molecule has 0 aromatic heterocycles. The predicted molar refractivity (Wildman–Crippen MR) is 175 cm³/mol. The highest BCUT2D eigenvalue weighted by molar-refractivity contribution is 6.32. The molecule has 0 heterocycles. The number of hydrogen-bond acceptors (Lipinski definition) is 3. The van der Waals surface area contributed by atoms with Crippen LogP contribution in [0.4, 0.5) is 0 Å². The van der Waals surface area contributed by atoms with Crippen LogP contribution >= 0.6 is 0 Å². The van der Waals surface area contributed by atoms with E-state index in [0.717, 1.165) is 30.1 Å². The first kappa shape index (κ1) is 33.9. The van der Waals surface area contributed by atoms with Crippen LogP contribution in [-0.2, 0) is 37.7 Å². The number of hydrogen-bond donors (Lipinski definition) is 1. The Morgan fingerprint density at radius 2 is 1.30 bits per heavy atom. The maximum absolute atomic E-state index is 10.8. The Morgan fingerprint density at radius 3 is 1.82 bits per heavy atom. The highest BCUT2D eigenvalue weighted by Gasteiger charge is 2.33. The van der Waals surface area contributed by atoms with Crippen molar-refractivity contribution in [2.24, 2.45) is 0 Å². The highest BCUT2D eigenvalue weighted by Crippen LogP contribution is 2.39. The summed E-state index contributed by atoms with van der Waals surface area (Å²) < 4.78 is 13.4. The quantitative estimate of drug-likeness (QED) is 0.159. The molecule has 220 valence electrons. The Hall–Kier alpha value is -2.26. The fourth-order valence-electron chi connectivity index (χ4n) is 4.35. The molecule has 2 rings (SSSR count). The number of aryl methyl sites for hydroxylation is 2. The lowest BCUT2D eigenvalue weighted by Crippen LogP contribution is -2.34. The van der Waals surface area contributed by atoms with Crippen molar-refractivity contribution < 1.29 is 18.8 Å². The third-order valence-corrected chi connectivity index (χ3v) is 10.2. The molecule has 0 bridgehead atoms. The molecule has 0 saturated carbocycles. The van der Waals surface area contributed by atoms with Gasteiger partial charge in [-0.3, -0.25) is 0 Å². The van der Waals surface area contributed by atoms with Gasteiger partial charge < -0.3 is 14.0 Å². The molecule has 0 aliphatic rings. The summed E-state index contributed by atoms with van der Waals surface area (Å²) >= 11 is 0. The molecule has 6 heteroatoms. The van der Waals surface area contributed by atoms with E-state index in [9.17, 15) is 4.79 Å². The molecule has 0 unspecified atom stereocenters. The summed E-state index contributed by atoms with van der Waals surface area (Å²) in [5.41, 5.74) is 6.35. The van der Waals surface area contributed by atoms with Crippen LogP contribution in [0.1, 0.15) is 104 Å². The van der Waals surface area contributed by atoms with Gasteiger partial charge in [-0.1, -0.05) is 96.2 Å². The predicted octanol–water partition coefficient (Wildman–Crippen LogP) is 7.62. The molecular formula is C34H52O4Si2. The number of allylic oxidation sites excluding steroid dienone is 3. The van der Waals surface area contributed by atoms with Crippen molar-refractivity contribution in [3.05, 3.63) is 88.5 Å². The van der Waals surface area contributed by atoms with Gasteiger partial charge in [0.15, 0.2) is 19.5 Å². The van der Waals surface area contributed by atoms with E-state index in [0.29, 0.717) is 0 Å². The SMILES string of the molecule is CC(=CC=CC(=O)O)c1cccc(CCc2ccc(C(C)(C)O[SiH2]C(C)(C)C)c(C(C)(C)O[SiH2]C(C)(C)C)c2)c1. The first-order valence-corrected chi connectivity index (χ1v) is 16.9. The fraction of sp³-hybridized carbons (Fsp3) is 0.500. The van der Waals surface area contributed by atoms with Gasteiger partial charge in [-0.05, 0) is 90.9 Å². The number of carboxylic acids is 1. The van der Waals surface area contributed by atoms with Gasteiger partial charge in [-0.25, -0.2) is 4.79 Å². The third kappa shape index (κ3) is 11.3.